The van der Waals surface area contributed by atoms with Gasteiger partial charge in [-0.2, -0.15) is 11.8 Å². The van der Waals surface area contributed by atoms with Crippen LogP contribution in [0.4, 0.5) is 0 Å². The number of rotatable bonds is 9. The van der Waals surface area contributed by atoms with Gasteiger partial charge in [0.2, 0.25) is 0 Å². The highest BCUT2D eigenvalue weighted by atomic mass is 32.2. The van der Waals surface area contributed by atoms with Gasteiger partial charge >= 0.3 is 5.97 Å². The van der Waals surface area contributed by atoms with E-state index in [2.05, 4.69) is 10.6 Å². The number of unbranched alkanes of at least 4 members (excludes halogenated alkanes) is 1. The Balaban J connectivity index is 1.67. The van der Waals surface area contributed by atoms with Gasteiger partial charge in [0.05, 0.1) is 12.1 Å². The summed E-state index contributed by atoms with van der Waals surface area (Å²) in [7, 11) is 0. The summed E-state index contributed by atoms with van der Waals surface area (Å²) >= 11 is 1.71. The number of thioether (sulfide) groups is 1. The maximum absolute atomic E-state index is 12.8. The minimum absolute atomic E-state index is 0.118. The van der Waals surface area contributed by atoms with Gasteiger partial charge in [0.15, 0.2) is 0 Å². The fourth-order valence-corrected chi connectivity index (χ4v) is 5.11. The first-order valence-corrected chi connectivity index (χ1v) is 11.1. The van der Waals surface area contributed by atoms with Crippen LogP contribution in [0.15, 0.2) is 60.7 Å². The van der Waals surface area contributed by atoms with Crippen LogP contribution in [0.25, 0.3) is 0 Å². The van der Waals surface area contributed by atoms with Crippen LogP contribution in [0.3, 0.4) is 0 Å². The second-order valence-corrected chi connectivity index (χ2v) is 8.59. The third kappa shape index (κ3) is 6.10. The molecule has 2 aromatic carbocycles. The van der Waals surface area contributed by atoms with E-state index in [0.717, 1.165) is 12.8 Å². The van der Waals surface area contributed by atoms with Crippen molar-refractivity contribution in [2.24, 2.45) is 0 Å². The zero-order chi connectivity index (χ0) is 21.3. The molecular weight excluding hydrogens is 400 g/mol. The standard InChI is InChI=1S/C23H26N2O4S/c26-20(27)14-8-7-13-19-21(25-23(29)17-11-5-2-6-12-17)18(15-30-19)24-22(28)16-9-3-1-4-10-16/h1-6,9-12,18-19,21H,7-8,13-15H2,(H,24,28)(H,25,29)(H,26,27)/t18-,19+,21-/m0/s1. The summed E-state index contributed by atoms with van der Waals surface area (Å²) in [5.74, 6) is -0.428. The monoisotopic (exact) mass is 426 g/mol. The van der Waals surface area contributed by atoms with E-state index in [1.54, 1.807) is 36.0 Å². The second-order valence-electron chi connectivity index (χ2n) is 7.32. The van der Waals surface area contributed by atoms with Crippen molar-refractivity contribution in [3.05, 3.63) is 71.8 Å². The lowest BCUT2D eigenvalue weighted by atomic mass is 10.00. The number of carbonyl (C=O) groups excluding carboxylic acids is 2. The van der Waals surface area contributed by atoms with Crippen molar-refractivity contribution in [3.8, 4) is 0 Å². The first-order valence-electron chi connectivity index (χ1n) is 10.1. The topological polar surface area (TPSA) is 95.5 Å². The smallest absolute Gasteiger partial charge is 0.303 e. The SMILES string of the molecule is O=C(O)CCCC[C@H]1SC[C@H](NC(=O)c2ccccc2)[C@@H]1NC(=O)c1ccccc1. The van der Waals surface area contributed by atoms with Crippen LogP contribution < -0.4 is 10.6 Å². The van der Waals surface area contributed by atoms with Crippen molar-refractivity contribution in [3.63, 3.8) is 0 Å². The lowest BCUT2D eigenvalue weighted by Gasteiger charge is -2.26. The molecule has 1 aliphatic heterocycles. The zero-order valence-electron chi connectivity index (χ0n) is 16.6. The molecule has 2 amide bonds. The Hall–Kier alpha value is -2.80. The van der Waals surface area contributed by atoms with Gasteiger partial charge in [-0.15, -0.1) is 0 Å². The molecule has 0 spiro atoms. The van der Waals surface area contributed by atoms with Crippen LogP contribution >= 0.6 is 11.8 Å². The normalized spacial score (nSPS) is 20.5. The van der Waals surface area contributed by atoms with Crippen LogP contribution in [0.5, 0.6) is 0 Å². The minimum atomic E-state index is -0.795. The molecule has 0 radical (unpaired) electrons. The van der Waals surface area contributed by atoms with Gasteiger partial charge < -0.3 is 15.7 Å². The molecule has 0 saturated carbocycles. The van der Waals surface area contributed by atoms with Gasteiger partial charge in [-0.05, 0) is 37.1 Å². The molecule has 3 N–H and O–H groups in total. The van der Waals surface area contributed by atoms with E-state index in [1.165, 1.54) is 0 Å². The van der Waals surface area contributed by atoms with E-state index in [9.17, 15) is 14.4 Å². The fraction of sp³-hybridized carbons (Fsp3) is 0.348. The number of aliphatic carboxylic acids is 1. The molecule has 7 heteroatoms. The van der Waals surface area contributed by atoms with Crippen molar-refractivity contribution >= 4 is 29.5 Å². The third-order valence-corrected chi connectivity index (χ3v) is 6.65. The highest BCUT2D eigenvalue weighted by molar-refractivity contribution is 8.00. The molecule has 0 bridgehead atoms. The van der Waals surface area contributed by atoms with Crippen molar-refractivity contribution < 1.29 is 19.5 Å². The highest BCUT2D eigenvalue weighted by Crippen LogP contribution is 2.32. The average molecular weight is 427 g/mol. The van der Waals surface area contributed by atoms with Gasteiger partial charge in [-0.1, -0.05) is 42.8 Å². The Labute approximate surface area is 180 Å². The molecule has 0 aliphatic carbocycles. The maximum Gasteiger partial charge on any atom is 0.303 e. The number of hydrogen-bond donors (Lipinski definition) is 3. The Kier molecular flexibility index (Phi) is 7.90. The molecule has 1 saturated heterocycles. The van der Waals surface area contributed by atoms with Crippen LogP contribution in [-0.2, 0) is 4.79 Å². The highest BCUT2D eigenvalue weighted by Gasteiger charge is 2.38. The van der Waals surface area contributed by atoms with Crippen molar-refractivity contribution in [2.75, 3.05) is 5.75 Å². The number of carboxylic acids is 1. The summed E-state index contributed by atoms with van der Waals surface area (Å²) in [6, 6.07) is 17.6. The third-order valence-electron chi connectivity index (χ3n) is 5.14. The maximum atomic E-state index is 12.8. The summed E-state index contributed by atoms with van der Waals surface area (Å²) in [5, 5.41) is 15.1. The molecule has 158 valence electrons. The van der Waals surface area contributed by atoms with E-state index in [4.69, 9.17) is 5.11 Å². The number of carbonyl (C=O) groups is 3. The number of benzene rings is 2. The van der Waals surface area contributed by atoms with Crippen molar-refractivity contribution in [1.29, 1.82) is 0 Å². The zero-order valence-corrected chi connectivity index (χ0v) is 17.4. The molecule has 3 atom stereocenters. The number of amides is 2. The quantitative estimate of drug-likeness (QED) is 0.535. The van der Waals surface area contributed by atoms with E-state index < -0.39 is 5.97 Å². The van der Waals surface area contributed by atoms with E-state index in [-0.39, 0.29) is 35.6 Å². The first kappa shape index (κ1) is 21.9. The molecule has 6 nitrogen and oxygen atoms in total. The fourth-order valence-electron chi connectivity index (χ4n) is 3.57. The van der Waals surface area contributed by atoms with Crippen LogP contribution in [0, 0.1) is 0 Å². The molecule has 30 heavy (non-hydrogen) atoms. The van der Waals surface area contributed by atoms with Gasteiger partial charge in [-0.25, -0.2) is 0 Å². The van der Waals surface area contributed by atoms with Crippen molar-refractivity contribution in [2.45, 2.75) is 43.0 Å². The van der Waals surface area contributed by atoms with E-state index in [1.807, 2.05) is 36.4 Å². The molecular formula is C23H26N2O4S. The van der Waals surface area contributed by atoms with Gasteiger partial charge in [0.1, 0.15) is 0 Å². The van der Waals surface area contributed by atoms with E-state index in [0.29, 0.717) is 23.3 Å². The van der Waals surface area contributed by atoms with Gasteiger partial charge in [-0.3, -0.25) is 14.4 Å². The second kappa shape index (κ2) is 10.8. The molecule has 1 fully saturated rings. The largest absolute Gasteiger partial charge is 0.481 e. The Morgan fingerprint density at radius 2 is 1.43 bits per heavy atom. The lowest BCUT2D eigenvalue weighted by Crippen LogP contribution is -2.53. The number of hydrogen-bond acceptors (Lipinski definition) is 4. The lowest BCUT2D eigenvalue weighted by molar-refractivity contribution is -0.137. The predicted octanol–water partition coefficient (Wildman–Crippen LogP) is 3.34. The summed E-state index contributed by atoms with van der Waals surface area (Å²) in [5.41, 5.74) is 1.16. The summed E-state index contributed by atoms with van der Waals surface area (Å²) < 4.78 is 0. The van der Waals surface area contributed by atoms with Crippen LogP contribution in [0.2, 0.25) is 0 Å². The minimum Gasteiger partial charge on any atom is -0.481 e. The molecule has 1 aliphatic rings. The predicted molar refractivity (Wildman–Crippen MR) is 118 cm³/mol. The van der Waals surface area contributed by atoms with Crippen molar-refractivity contribution in [1.82, 2.24) is 10.6 Å². The summed E-state index contributed by atoms with van der Waals surface area (Å²) in [4.78, 5) is 36.2. The summed E-state index contributed by atoms with van der Waals surface area (Å²) in [6.07, 6.45) is 2.30. The Morgan fingerprint density at radius 1 is 0.867 bits per heavy atom. The Bertz CT molecular complexity index is 860. The molecule has 3 rings (SSSR count). The molecule has 0 unspecified atom stereocenters. The average Bonchev–Trinajstić information content (AvgIpc) is 3.13. The molecule has 0 aromatic heterocycles. The van der Waals surface area contributed by atoms with Gasteiger partial charge in [0.25, 0.3) is 11.8 Å². The summed E-state index contributed by atoms with van der Waals surface area (Å²) in [6.45, 7) is 0. The number of carboxylic acid groups (broad SMARTS) is 1. The number of nitrogens with one attached hydrogen (secondary N) is 2. The van der Waals surface area contributed by atoms with E-state index >= 15 is 0 Å². The molecule has 1 heterocycles. The van der Waals surface area contributed by atoms with Gasteiger partial charge in [0, 0.05) is 28.6 Å². The van der Waals surface area contributed by atoms with Crippen LogP contribution in [0.1, 0.15) is 46.4 Å². The molecule has 2 aromatic rings. The Morgan fingerprint density at radius 3 is 2.00 bits per heavy atom. The van der Waals surface area contributed by atoms with Crippen LogP contribution in [-0.4, -0.2) is 46.0 Å². The first-order chi connectivity index (χ1) is 14.5.